The number of furan rings is 1. The molecule has 0 atom stereocenters. The second-order valence-corrected chi connectivity index (χ2v) is 8.14. The summed E-state index contributed by atoms with van der Waals surface area (Å²) < 4.78 is 12.4. The second kappa shape index (κ2) is 6.95. The minimum Gasteiger partial charge on any atom is -0.493 e. The molecule has 1 saturated heterocycles. The van der Waals surface area contributed by atoms with Crippen LogP contribution in [0.3, 0.4) is 0 Å². The number of amides is 1. The lowest BCUT2D eigenvalue weighted by Gasteiger charge is -2.30. The number of para-hydroxylation sites is 2. The van der Waals surface area contributed by atoms with Crippen molar-refractivity contribution in [1.29, 1.82) is 0 Å². The van der Waals surface area contributed by atoms with E-state index in [1.807, 2.05) is 35.2 Å². The molecule has 1 aliphatic rings. The van der Waals surface area contributed by atoms with Crippen molar-refractivity contribution in [2.45, 2.75) is 18.8 Å². The Bertz CT molecular complexity index is 1120. The third-order valence-corrected chi connectivity index (χ3v) is 6.58. The predicted octanol–water partition coefficient (Wildman–Crippen LogP) is 5.07. The van der Waals surface area contributed by atoms with Gasteiger partial charge in [-0.05, 0) is 37.1 Å². The summed E-state index contributed by atoms with van der Waals surface area (Å²) in [4.78, 5) is 19.6. The molecule has 4 aromatic rings. The van der Waals surface area contributed by atoms with Gasteiger partial charge in [0.15, 0.2) is 17.1 Å². The summed E-state index contributed by atoms with van der Waals surface area (Å²) in [5.41, 5.74) is 1.69. The molecule has 0 aliphatic carbocycles. The molecule has 142 valence electrons. The summed E-state index contributed by atoms with van der Waals surface area (Å²) in [7, 11) is 1.60. The lowest BCUT2D eigenvalue weighted by Crippen LogP contribution is -2.37. The number of benzene rings is 2. The average Bonchev–Trinajstić information content (AvgIpc) is 3.37. The zero-order chi connectivity index (χ0) is 19.1. The van der Waals surface area contributed by atoms with Gasteiger partial charge in [-0.15, -0.1) is 11.3 Å². The Hall–Kier alpha value is -2.86. The molecular formula is C22H20N2O3S. The number of aromatic nitrogens is 1. The van der Waals surface area contributed by atoms with E-state index in [0.717, 1.165) is 23.7 Å². The molecule has 5 nitrogen and oxygen atoms in total. The Morgan fingerprint density at radius 3 is 2.79 bits per heavy atom. The highest BCUT2D eigenvalue weighted by Gasteiger charge is 2.28. The minimum atomic E-state index is -0.0546. The Morgan fingerprint density at radius 2 is 2.00 bits per heavy atom. The van der Waals surface area contributed by atoms with E-state index < -0.39 is 0 Å². The van der Waals surface area contributed by atoms with E-state index in [-0.39, 0.29) is 5.91 Å². The Labute approximate surface area is 166 Å². The predicted molar refractivity (Wildman–Crippen MR) is 110 cm³/mol. The Morgan fingerprint density at radius 1 is 1.18 bits per heavy atom. The SMILES string of the molecule is COc1cccc2cc(C(=O)N3CCC(c4nc5ccccc5s4)CC3)oc12. The van der Waals surface area contributed by atoms with E-state index in [1.54, 1.807) is 24.5 Å². The number of methoxy groups -OCH3 is 1. The number of nitrogens with zero attached hydrogens (tertiary/aromatic N) is 2. The number of carbonyl (C=O) groups is 1. The van der Waals surface area contributed by atoms with Crippen LogP contribution < -0.4 is 4.74 Å². The fourth-order valence-electron chi connectivity index (χ4n) is 3.85. The second-order valence-electron chi connectivity index (χ2n) is 7.08. The van der Waals surface area contributed by atoms with Crippen molar-refractivity contribution in [2.24, 2.45) is 0 Å². The van der Waals surface area contributed by atoms with Crippen LogP contribution in [0.1, 0.15) is 34.3 Å². The maximum atomic E-state index is 12.9. The van der Waals surface area contributed by atoms with E-state index in [9.17, 15) is 4.79 Å². The smallest absolute Gasteiger partial charge is 0.289 e. The molecule has 6 heteroatoms. The van der Waals surface area contributed by atoms with Crippen molar-refractivity contribution in [3.63, 3.8) is 0 Å². The summed E-state index contributed by atoms with van der Waals surface area (Å²) in [6.45, 7) is 1.43. The first-order chi connectivity index (χ1) is 13.7. The van der Waals surface area contributed by atoms with E-state index in [0.29, 0.717) is 36.1 Å². The number of piperidine rings is 1. The molecule has 5 rings (SSSR count). The largest absolute Gasteiger partial charge is 0.493 e. The van der Waals surface area contributed by atoms with E-state index >= 15 is 0 Å². The van der Waals surface area contributed by atoms with Crippen LogP contribution in [-0.4, -0.2) is 36.0 Å². The van der Waals surface area contributed by atoms with Crippen LogP contribution in [0.5, 0.6) is 5.75 Å². The van der Waals surface area contributed by atoms with Crippen LogP contribution in [0.25, 0.3) is 21.2 Å². The monoisotopic (exact) mass is 392 g/mol. The quantitative estimate of drug-likeness (QED) is 0.488. The van der Waals surface area contributed by atoms with E-state index in [2.05, 4.69) is 12.1 Å². The van der Waals surface area contributed by atoms with Gasteiger partial charge >= 0.3 is 0 Å². The first-order valence-electron chi connectivity index (χ1n) is 9.44. The lowest BCUT2D eigenvalue weighted by molar-refractivity contribution is 0.0683. The molecule has 2 aromatic carbocycles. The zero-order valence-electron chi connectivity index (χ0n) is 15.6. The molecule has 2 aromatic heterocycles. The Balaban J connectivity index is 1.31. The van der Waals surface area contributed by atoms with Crippen LogP contribution >= 0.6 is 11.3 Å². The summed E-state index contributed by atoms with van der Waals surface area (Å²) >= 11 is 1.77. The molecule has 0 spiro atoms. The summed E-state index contributed by atoms with van der Waals surface area (Å²) in [6.07, 6.45) is 1.85. The number of likely N-dealkylation sites (tertiary alicyclic amines) is 1. The maximum Gasteiger partial charge on any atom is 0.289 e. The van der Waals surface area contributed by atoms with E-state index in [4.69, 9.17) is 14.1 Å². The average molecular weight is 392 g/mol. The topological polar surface area (TPSA) is 55.6 Å². The highest BCUT2D eigenvalue weighted by atomic mass is 32.1. The number of carbonyl (C=O) groups excluding carboxylic acids is 1. The lowest BCUT2D eigenvalue weighted by atomic mass is 9.97. The molecular weight excluding hydrogens is 372 g/mol. The molecule has 28 heavy (non-hydrogen) atoms. The van der Waals surface area contributed by atoms with Gasteiger partial charge in [0, 0.05) is 24.4 Å². The molecule has 3 heterocycles. The summed E-state index contributed by atoms with van der Waals surface area (Å²) in [5.74, 6) is 1.38. The maximum absolute atomic E-state index is 12.9. The molecule has 0 saturated carbocycles. The number of ether oxygens (including phenoxy) is 1. The third kappa shape index (κ3) is 2.94. The normalized spacial score (nSPS) is 15.4. The van der Waals surface area contributed by atoms with Gasteiger partial charge in [-0.2, -0.15) is 0 Å². The molecule has 0 N–H and O–H groups in total. The van der Waals surface area contributed by atoms with Crippen LogP contribution in [0.15, 0.2) is 52.9 Å². The van der Waals surface area contributed by atoms with Gasteiger partial charge in [-0.25, -0.2) is 4.98 Å². The van der Waals surface area contributed by atoms with Gasteiger partial charge in [0.1, 0.15) is 0 Å². The first-order valence-corrected chi connectivity index (χ1v) is 10.3. The molecule has 0 bridgehead atoms. The van der Waals surface area contributed by atoms with Gasteiger partial charge in [0.2, 0.25) is 0 Å². The van der Waals surface area contributed by atoms with Crippen molar-refractivity contribution in [2.75, 3.05) is 20.2 Å². The van der Waals surface area contributed by atoms with Crippen LogP contribution in [-0.2, 0) is 0 Å². The van der Waals surface area contributed by atoms with Gasteiger partial charge in [-0.1, -0.05) is 24.3 Å². The minimum absolute atomic E-state index is 0.0546. The van der Waals surface area contributed by atoms with Crippen molar-refractivity contribution < 1.29 is 13.9 Å². The molecule has 1 aliphatic heterocycles. The molecule has 1 amide bonds. The standard InChI is InChI=1S/C22H20N2O3S/c1-26-17-7-4-5-15-13-18(27-20(15)17)22(25)24-11-9-14(10-12-24)21-23-16-6-2-3-8-19(16)28-21/h2-8,13-14H,9-12H2,1H3. The number of hydrogen-bond acceptors (Lipinski definition) is 5. The fraction of sp³-hybridized carbons (Fsp3) is 0.273. The number of hydrogen-bond donors (Lipinski definition) is 0. The zero-order valence-corrected chi connectivity index (χ0v) is 16.4. The number of rotatable bonds is 3. The van der Waals surface area contributed by atoms with Crippen LogP contribution in [0.2, 0.25) is 0 Å². The number of thiazole rings is 1. The first kappa shape index (κ1) is 17.3. The van der Waals surface area contributed by atoms with Crippen LogP contribution in [0, 0.1) is 0 Å². The van der Waals surface area contributed by atoms with Crippen molar-refractivity contribution >= 4 is 38.4 Å². The van der Waals surface area contributed by atoms with Crippen molar-refractivity contribution in [3.05, 3.63) is 59.3 Å². The molecule has 0 radical (unpaired) electrons. The Kier molecular flexibility index (Phi) is 4.28. The van der Waals surface area contributed by atoms with Gasteiger partial charge < -0.3 is 14.1 Å². The van der Waals surface area contributed by atoms with E-state index in [1.165, 1.54) is 9.71 Å². The van der Waals surface area contributed by atoms with Crippen molar-refractivity contribution in [3.8, 4) is 5.75 Å². The van der Waals surface area contributed by atoms with Gasteiger partial charge in [0.05, 0.1) is 22.3 Å². The van der Waals surface area contributed by atoms with Crippen LogP contribution in [0.4, 0.5) is 0 Å². The van der Waals surface area contributed by atoms with Gasteiger partial charge in [0.25, 0.3) is 5.91 Å². The number of fused-ring (bicyclic) bond motifs is 2. The highest BCUT2D eigenvalue weighted by Crippen LogP contribution is 2.35. The highest BCUT2D eigenvalue weighted by molar-refractivity contribution is 7.18. The molecule has 1 fully saturated rings. The summed E-state index contributed by atoms with van der Waals surface area (Å²) in [5, 5.41) is 2.06. The molecule has 0 unspecified atom stereocenters. The fourth-order valence-corrected chi connectivity index (χ4v) is 4.99. The van der Waals surface area contributed by atoms with Crippen molar-refractivity contribution in [1.82, 2.24) is 9.88 Å². The van der Waals surface area contributed by atoms with Gasteiger partial charge in [-0.3, -0.25) is 4.79 Å². The summed E-state index contributed by atoms with van der Waals surface area (Å²) in [6, 6.07) is 15.7. The third-order valence-electron chi connectivity index (χ3n) is 5.38.